The maximum atomic E-state index is 12.4. The number of nitrogens with zero attached hydrogens (tertiary/aromatic N) is 1. The highest BCUT2D eigenvalue weighted by Crippen LogP contribution is 2.22. The zero-order chi connectivity index (χ0) is 15.4. The summed E-state index contributed by atoms with van der Waals surface area (Å²) in [6, 6.07) is 12.0. The van der Waals surface area contributed by atoms with Gasteiger partial charge < -0.3 is 14.6 Å². The van der Waals surface area contributed by atoms with Crippen LogP contribution in [0.25, 0.3) is 11.3 Å². The zero-order valence-corrected chi connectivity index (χ0v) is 13.0. The third kappa shape index (κ3) is 3.52. The van der Waals surface area contributed by atoms with Crippen LogP contribution in [0.1, 0.15) is 19.4 Å². The maximum Gasteiger partial charge on any atom is 0.255 e. The van der Waals surface area contributed by atoms with Crippen molar-refractivity contribution in [3.63, 3.8) is 0 Å². The van der Waals surface area contributed by atoms with Crippen molar-refractivity contribution in [1.29, 1.82) is 0 Å². The summed E-state index contributed by atoms with van der Waals surface area (Å²) in [5, 5.41) is 3.27. The van der Waals surface area contributed by atoms with Crippen molar-refractivity contribution in [2.75, 3.05) is 7.11 Å². The largest absolute Gasteiger partial charge is 0.497 e. The molecule has 0 saturated heterocycles. The van der Waals surface area contributed by atoms with Gasteiger partial charge >= 0.3 is 0 Å². The minimum atomic E-state index is 0.0310. The van der Waals surface area contributed by atoms with E-state index in [1.165, 1.54) is 0 Å². The first-order chi connectivity index (χ1) is 10.0. The predicted octanol–water partition coefficient (Wildman–Crippen LogP) is 2.56. The number of ether oxygens (including phenoxy) is 1. The van der Waals surface area contributed by atoms with E-state index < -0.39 is 0 Å². The molecular weight excluding hydrogens is 264 g/mol. The Morgan fingerprint density at radius 3 is 2.67 bits per heavy atom. The van der Waals surface area contributed by atoms with Gasteiger partial charge in [0, 0.05) is 30.8 Å². The standard InChI is InChI=1S/C17H22N2O2/c1-12(2)18-11-14-8-9-16(19(3)17(14)20)13-6-5-7-15(10-13)21-4/h5-10,12,18H,11H2,1-4H3. The molecule has 0 aliphatic heterocycles. The fourth-order valence-electron chi connectivity index (χ4n) is 2.21. The summed E-state index contributed by atoms with van der Waals surface area (Å²) in [7, 11) is 3.44. The number of nitrogens with one attached hydrogen (secondary N) is 1. The van der Waals surface area contributed by atoms with Gasteiger partial charge in [0.2, 0.25) is 0 Å². The number of pyridine rings is 1. The highest BCUT2D eigenvalue weighted by Gasteiger charge is 2.08. The van der Waals surface area contributed by atoms with Gasteiger partial charge in [-0.3, -0.25) is 4.79 Å². The Balaban J connectivity index is 2.38. The van der Waals surface area contributed by atoms with E-state index in [1.54, 1.807) is 18.7 Å². The van der Waals surface area contributed by atoms with Gasteiger partial charge in [-0.2, -0.15) is 0 Å². The first kappa shape index (κ1) is 15.3. The van der Waals surface area contributed by atoms with Gasteiger partial charge in [0.1, 0.15) is 5.75 Å². The number of methoxy groups -OCH3 is 1. The number of aromatic nitrogens is 1. The van der Waals surface area contributed by atoms with Crippen LogP contribution in [0.3, 0.4) is 0 Å². The van der Waals surface area contributed by atoms with E-state index in [9.17, 15) is 4.79 Å². The molecule has 4 heteroatoms. The SMILES string of the molecule is COc1cccc(-c2ccc(CNC(C)C)c(=O)n2C)c1. The molecule has 0 radical (unpaired) electrons. The van der Waals surface area contributed by atoms with Gasteiger partial charge in [0.25, 0.3) is 5.56 Å². The quantitative estimate of drug-likeness (QED) is 0.918. The van der Waals surface area contributed by atoms with Crippen LogP contribution in [-0.2, 0) is 13.6 Å². The average molecular weight is 286 g/mol. The van der Waals surface area contributed by atoms with E-state index in [0.29, 0.717) is 12.6 Å². The van der Waals surface area contributed by atoms with Crippen LogP contribution in [0.4, 0.5) is 0 Å². The Morgan fingerprint density at radius 1 is 1.24 bits per heavy atom. The molecular formula is C17H22N2O2. The number of hydrogen-bond donors (Lipinski definition) is 1. The summed E-state index contributed by atoms with van der Waals surface area (Å²) in [5.41, 5.74) is 2.66. The van der Waals surface area contributed by atoms with Crippen LogP contribution < -0.4 is 15.6 Å². The molecule has 1 aromatic carbocycles. The Hall–Kier alpha value is -2.07. The average Bonchev–Trinajstić information content (AvgIpc) is 2.48. The molecule has 0 saturated carbocycles. The highest BCUT2D eigenvalue weighted by molar-refractivity contribution is 5.61. The molecule has 0 aliphatic rings. The second-order valence-electron chi connectivity index (χ2n) is 5.38. The molecule has 0 bridgehead atoms. The predicted molar refractivity (Wildman–Crippen MR) is 85.6 cm³/mol. The zero-order valence-electron chi connectivity index (χ0n) is 13.0. The van der Waals surface area contributed by atoms with Crippen LogP contribution in [0.15, 0.2) is 41.2 Å². The number of hydrogen-bond acceptors (Lipinski definition) is 3. The minimum Gasteiger partial charge on any atom is -0.497 e. The van der Waals surface area contributed by atoms with Crippen molar-refractivity contribution in [1.82, 2.24) is 9.88 Å². The molecule has 4 nitrogen and oxygen atoms in total. The van der Waals surface area contributed by atoms with E-state index >= 15 is 0 Å². The molecule has 0 aliphatic carbocycles. The van der Waals surface area contributed by atoms with E-state index in [4.69, 9.17) is 4.74 Å². The molecule has 1 heterocycles. The van der Waals surface area contributed by atoms with Crippen molar-refractivity contribution in [2.24, 2.45) is 7.05 Å². The monoisotopic (exact) mass is 286 g/mol. The summed E-state index contributed by atoms with van der Waals surface area (Å²) >= 11 is 0. The van der Waals surface area contributed by atoms with E-state index in [2.05, 4.69) is 19.2 Å². The Labute approximate surface area is 125 Å². The fourth-order valence-corrected chi connectivity index (χ4v) is 2.21. The number of rotatable bonds is 5. The van der Waals surface area contributed by atoms with Crippen LogP contribution in [0.5, 0.6) is 5.75 Å². The normalized spacial score (nSPS) is 10.9. The lowest BCUT2D eigenvalue weighted by molar-refractivity contribution is 0.415. The second kappa shape index (κ2) is 6.59. The lowest BCUT2D eigenvalue weighted by atomic mass is 10.1. The summed E-state index contributed by atoms with van der Waals surface area (Å²) in [6.07, 6.45) is 0. The van der Waals surface area contributed by atoms with E-state index in [1.807, 2.05) is 36.4 Å². The van der Waals surface area contributed by atoms with E-state index in [0.717, 1.165) is 22.6 Å². The van der Waals surface area contributed by atoms with Crippen molar-refractivity contribution in [3.05, 3.63) is 52.3 Å². The van der Waals surface area contributed by atoms with Gasteiger partial charge in [-0.25, -0.2) is 0 Å². The summed E-state index contributed by atoms with van der Waals surface area (Å²) in [4.78, 5) is 12.4. The molecule has 0 atom stereocenters. The third-order valence-corrected chi connectivity index (χ3v) is 3.45. The van der Waals surface area contributed by atoms with Crippen molar-refractivity contribution >= 4 is 0 Å². The molecule has 0 amide bonds. The third-order valence-electron chi connectivity index (χ3n) is 3.45. The Bertz CT molecular complexity index is 675. The van der Waals surface area contributed by atoms with Crippen LogP contribution in [-0.4, -0.2) is 17.7 Å². The first-order valence-corrected chi connectivity index (χ1v) is 7.09. The smallest absolute Gasteiger partial charge is 0.255 e. The Kier molecular flexibility index (Phi) is 4.81. The lowest BCUT2D eigenvalue weighted by Gasteiger charge is -2.13. The molecule has 21 heavy (non-hydrogen) atoms. The summed E-state index contributed by atoms with van der Waals surface area (Å²) in [6.45, 7) is 4.72. The van der Waals surface area contributed by atoms with Crippen molar-refractivity contribution < 1.29 is 4.74 Å². The van der Waals surface area contributed by atoms with Gasteiger partial charge in [-0.1, -0.05) is 32.0 Å². The molecule has 1 aromatic heterocycles. The van der Waals surface area contributed by atoms with Gasteiger partial charge in [-0.05, 0) is 18.2 Å². The molecule has 0 spiro atoms. The van der Waals surface area contributed by atoms with Crippen LogP contribution in [0, 0.1) is 0 Å². The molecule has 2 rings (SSSR count). The van der Waals surface area contributed by atoms with Crippen molar-refractivity contribution in [3.8, 4) is 17.0 Å². The summed E-state index contributed by atoms with van der Waals surface area (Å²) in [5.74, 6) is 0.783. The van der Waals surface area contributed by atoms with Gasteiger partial charge in [0.15, 0.2) is 0 Å². The molecule has 0 unspecified atom stereocenters. The van der Waals surface area contributed by atoms with Gasteiger partial charge in [0.05, 0.1) is 12.8 Å². The van der Waals surface area contributed by atoms with Crippen molar-refractivity contribution in [2.45, 2.75) is 26.4 Å². The highest BCUT2D eigenvalue weighted by atomic mass is 16.5. The maximum absolute atomic E-state index is 12.4. The van der Waals surface area contributed by atoms with Crippen LogP contribution in [0.2, 0.25) is 0 Å². The topological polar surface area (TPSA) is 43.3 Å². The fraction of sp³-hybridized carbons (Fsp3) is 0.353. The summed E-state index contributed by atoms with van der Waals surface area (Å²) < 4.78 is 6.92. The molecule has 2 aromatic rings. The lowest BCUT2D eigenvalue weighted by Crippen LogP contribution is -2.29. The molecule has 112 valence electrons. The number of benzene rings is 1. The Morgan fingerprint density at radius 2 is 2.00 bits per heavy atom. The minimum absolute atomic E-state index is 0.0310. The first-order valence-electron chi connectivity index (χ1n) is 7.09. The van der Waals surface area contributed by atoms with Gasteiger partial charge in [-0.15, -0.1) is 0 Å². The second-order valence-corrected chi connectivity index (χ2v) is 5.38. The molecule has 1 N–H and O–H groups in total. The van der Waals surface area contributed by atoms with Crippen LogP contribution >= 0.6 is 0 Å². The van der Waals surface area contributed by atoms with E-state index in [-0.39, 0.29) is 5.56 Å². The molecule has 0 fully saturated rings.